The lowest BCUT2D eigenvalue weighted by Crippen LogP contribution is -2.55. The van der Waals surface area contributed by atoms with Crippen molar-refractivity contribution in [3.8, 4) is 0 Å². The number of rotatable bonds is 8. The number of hydrazine groups is 1. The minimum absolute atomic E-state index is 0.0395. The van der Waals surface area contributed by atoms with Crippen LogP contribution in [-0.4, -0.2) is 18.2 Å². The van der Waals surface area contributed by atoms with Crippen LogP contribution in [-0.2, 0) is 11.2 Å². The Morgan fingerprint density at radius 3 is 2.40 bits per heavy atom. The van der Waals surface area contributed by atoms with Crippen LogP contribution in [0.1, 0.15) is 44.7 Å². The first-order valence-electron chi connectivity index (χ1n) is 7.38. The second-order valence-electron chi connectivity index (χ2n) is 5.22. The number of benzene rings is 1. The average Bonchev–Trinajstić information content (AvgIpc) is 2.44. The van der Waals surface area contributed by atoms with Gasteiger partial charge in [0.05, 0.1) is 11.6 Å². The number of halogens is 1. The third-order valence-corrected chi connectivity index (χ3v) is 4.45. The zero-order valence-electron chi connectivity index (χ0n) is 13.0. The first-order valence-corrected chi connectivity index (χ1v) is 7.75. The van der Waals surface area contributed by atoms with Gasteiger partial charge in [-0.05, 0) is 50.3 Å². The Hall–Kier alpha value is -0.610. The van der Waals surface area contributed by atoms with Gasteiger partial charge in [0.2, 0.25) is 0 Å². The summed E-state index contributed by atoms with van der Waals surface area (Å²) >= 11 is 6.33. The molecule has 0 radical (unpaired) electrons. The van der Waals surface area contributed by atoms with Gasteiger partial charge in [0, 0.05) is 11.6 Å². The van der Waals surface area contributed by atoms with E-state index in [1.54, 1.807) is 0 Å². The highest BCUT2D eigenvalue weighted by molar-refractivity contribution is 6.31. The molecule has 0 amide bonds. The summed E-state index contributed by atoms with van der Waals surface area (Å²) in [5.41, 5.74) is 4.95. The van der Waals surface area contributed by atoms with Crippen molar-refractivity contribution >= 4 is 11.6 Å². The van der Waals surface area contributed by atoms with Crippen LogP contribution < -0.4 is 11.3 Å². The van der Waals surface area contributed by atoms with Gasteiger partial charge in [-0.15, -0.1) is 0 Å². The molecule has 0 saturated carbocycles. The van der Waals surface area contributed by atoms with Gasteiger partial charge >= 0.3 is 0 Å². The Labute approximate surface area is 127 Å². The highest BCUT2D eigenvalue weighted by Crippen LogP contribution is 2.29. The van der Waals surface area contributed by atoms with Crippen LogP contribution in [0.3, 0.4) is 0 Å². The van der Waals surface area contributed by atoms with Crippen molar-refractivity contribution in [2.24, 2.45) is 5.84 Å². The summed E-state index contributed by atoms with van der Waals surface area (Å²) in [5, 5.41) is 0.794. The van der Waals surface area contributed by atoms with E-state index in [0.29, 0.717) is 6.61 Å². The van der Waals surface area contributed by atoms with Gasteiger partial charge < -0.3 is 4.74 Å². The topological polar surface area (TPSA) is 47.3 Å². The molecular weight excluding hydrogens is 272 g/mol. The SMILES string of the molecule is CCOC(CC)(CC)C(Cc1ccc(C)cc1Cl)NN. The molecule has 0 saturated heterocycles. The number of hydrogen-bond acceptors (Lipinski definition) is 3. The Morgan fingerprint density at radius 2 is 1.95 bits per heavy atom. The largest absolute Gasteiger partial charge is 0.374 e. The third kappa shape index (κ3) is 3.95. The van der Waals surface area contributed by atoms with Crippen molar-refractivity contribution in [3.63, 3.8) is 0 Å². The summed E-state index contributed by atoms with van der Waals surface area (Å²) in [5.74, 6) is 5.80. The lowest BCUT2D eigenvalue weighted by atomic mass is 9.84. The molecule has 0 aliphatic rings. The molecule has 0 fully saturated rings. The maximum Gasteiger partial charge on any atom is 0.0846 e. The standard InChI is InChI=1S/C16H27ClN2O/c1-5-16(6-2,20-7-3)15(19-18)11-13-9-8-12(4)10-14(13)17/h8-10,15,19H,5-7,11,18H2,1-4H3. The van der Waals surface area contributed by atoms with E-state index in [1.165, 1.54) is 0 Å². The molecule has 1 aromatic rings. The molecule has 3 nitrogen and oxygen atoms in total. The number of hydrogen-bond donors (Lipinski definition) is 2. The number of aryl methyl sites for hydroxylation is 1. The molecule has 0 bridgehead atoms. The molecule has 1 atom stereocenters. The van der Waals surface area contributed by atoms with Crippen LogP contribution in [0.15, 0.2) is 18.2 Å². The average molecular weight is 299 g/mol. The molecular formula is C16H27ClN2O. The zero-order chi connectivity index (χ0) is 15.2. The quantitative estimate of drug-likeness (QED) is 0.569. The van der Waals surface area contributed by atoms with Crippen LogP contribution in [0.4, 0.5) is 0 Å². The fraction of sp³-hybridized carbons (Fsp3) is 0.625. The molecule has 0 aliphatic carbocycles. The normalized spacial score (nSPS) is 13.5. The molecule has 0 aromatic heterocycles. The zero-order valence-corrected chi connectivity index (χ0v) is 13.8. The summed E-state index contributed by atoms with van der Waals surface area (Å²) in [6, 6.07) is 6.18. The first kappa shape index (κ1) is 17.4. The van der Waals surface area contributed by atoms with Gasteiger partial charge in [0.25, 0.3) is 0 Å². The lowest BCUT2D eigenvalue weighted by Gasteiger charge is -2.39. The van der Waals surface area contributed by atoms with Gasteiger partial charge in [-0.2, -0.15) is 0 Å². The van der Waals surface area contributed by atoms with E-state index in [4.69, 9.17) is 22.2 Å². The lowest BCUT2D eigenvalue weighted by molar-refractivity contribution is -0.0719. The van der Waals surface area contributed by atoms with Crippen molar-refractivity contribution in [2.75, 3.05) is 6.61 Å². The highest BCUT2D eigenvalue weighted by atomic mass is 35.5. The second-order valence-corrected chi connectivity index (χ2v) is 5.63. The minimum Gasteiger partial charge on any atom is -0.374 e. The van der Waals surface area contributed by atoms with Crippen molar-refractivity contribution in [1.82, 2.24) is 5.43 Å². The van der Waals surface area contributed by atoms with E-state index in [1.807, 2.05) is 19.9 Å². The van der Waals surface area contributed by atoms with Crippen molar-refractivity contribution in [3.05, 3.63) is 34.3 Å². The van der Waals surface area contributed by atoms with Gasteiger partial charge in [0.1, 0.15) is 0 Å². The summed E-state index contributed by atoms with van der Waals surface area (Å²) in [4.78, 5) is 0. The predicted octanol–water partition coefficient (Wildman–Crippen LogP) is 3.62. The monoisotopic (exact) mass is 298 g/mol. The van der Waals surface area contributed by atoms with Crippen LogP contribution in [0.5, 0.6) is 0 Å². The molecule has 3 N–H and O–H groups in total. The molecule has 114 valence electrons. The van der Waals surface area contributed by atoms with E-state index in [-0.39, 0.29) is 11.6 Å². The Kier molecular flexibility index (Phi) is 6.96. The smallest absolute Gasteiger partial charge is 0.0846 e. The van der Waals surface area contributed by atoms with E-state index in [0.717, 1.165) is 35.4 Å². The minimum atomic E-state index is -0.252. The molecule has 1 rings (SSSR count). The van der Waals surface area contributed by atoms with Crippen molar-refractivity contribution in [2.45, 2.75) is 58.6 Å². The van der Waals surface area contributed by atoms with Gasteiger partial charge in [0.15, 0.2) is 0 Å². The van der Waals surface area contributed by atoms with Gasteiger partial charge in [-0.3, -0.25) is 11.3 Å². The molecule has 4 heteroatoms. The van der Waals surface area contributed by atoms with E-state index in [9.17, 15) is 0 Å². The Bertz CT molecular complexity index is 419. The Morgan fingerprint density at radius 1 is 1.30 bits per heavy atom. The molecule has 0 spiro atoms. The molecule has 0 aliphatic heterocycles. The maximum absolute atomic E-state index is 6.33. The fourth-order valence-corrected chi connectivity index (χ4v) is 3.08. The first-order chi connectivity index (χ1) is 9.52. The summed E-state index contributed by atoms with van der Waals surface area (Å²) in [7, 11) is 0. The van der Waals surface area contributed by atoms with Crippen LogP contribution in [0.25, 0.3) is 0 Å². The molecule has 1 aromatic carbocycles. The summed E-state index contributed by atoms with van der Waals surface area (Å²) < 4.78 is 6.03. The van der Waals surface area contributed by atoms with E-state index in [2.05, 4.69) is 31.4 Å². The Balaban J connectivity index is 2.99. The summed E-state index contributed by atoms with van der Waals surface area (Å²) in [6.45, 7) is 9.02. The second kappa shape index (κ2) is 7.99. The van der Waals surface area contributed by atoms with Crippen LogP contribution >= 0.6 is 11.6 Å². The third-order valence-electron chi connectivity index (χ3n) is 4.10. The van der Waals surface area contributed by atoms with E-state index < -0.39 is 0 Å². The van der Waals surface area contributed by atoms with Gasteiger partial charge in [-0.25, -0.2) is 0 Å². The van der Waals surface area contributed by atoms with Crippen molar-refractivity contribution < 1.29 is 4.74 Å². The van der Waals surface area contributed by atoms with Crippen LogP contribution in [0.2, 0.25) is 5.02 Å². The van der Waals surface area contributed by atoms with Crippen molar-refractivity contribution in [1.29, 1.82) is 0 Å². The molecule has 20 heavy (non-hydrogen) atoms. The maximum atomic E-state index is 6.33. The molecule has 0 heterocycles. The number of nitrogens with two attached hydrogens (primary N) is 1. The summed E-state index contributed by atoms with van der Waals surface area (Å²) in [6.07, 6.45) is 2.59. The highest BCUT2D eigenvalue weighted by Gasteiger charge is 2.36. The van der Waals surface area contributed by atoms with Crippen LogP contribution in [0, 0.1) is 6.92 Å². The number of nitrogens with one attached hydrogen (secondary N) is 1. The van der Waals surface area contributed by atoms with Gasteiger partial charge in [-0.1, -0.05) is 37.6 Å². The predicted molar refractivity (Wildman–Crippen MR) is 85.9 cm³/mol. The number of ether oxygens (including phenoxy) is 1. The fourth-order valence-electron chi connectivity index (χ4n) is 2.77. The van der Waals surface area contributed by atoms with E-state index >= 15 is 0 Å². The molecule has 1 unspecified atom stereocenters.